The summed E-state index contributed by atoms with van der Waals surface area (Å²) in [5.41, 5.74) is 0. The van der Waals surface area contributed by atoms with Crippen molar-refractivity contribution in [2.24, 2.45) is 0 Å². The van der Waals surface area contributed by atoms with Crippen molar-refractivity contribution in [3.05, 3.63) is 12.0 Å². The Kier molecular flexibility index (Phi) is 3.59. The van der Waals surface area contributed by atoms with Crippen LogP contribution in [0.1, 0.15) is 13.3 Å². The molecule has 3 nitrogen and oxygen atoms in total. The van der Waals surface area contributed by atoms with Gasteiger partial charge in [-0.2, -0.15) is 8.42 Å². The second-order valence-corrected chi connectivity index (χ2v) is 2.86. The van der Waals surface area contributed by atoms with Crippen LogP contribution in [-0.4, -0.2) is 8.42 Å². The summed E-state index contributed by atoms with van der Waals surface area (Å²) in [5.74, 6) is 2.44. The molecular weight excluding hydrogens is 152 g/mol. The van der Waals surface area contributed by atoms with Crippen molar-refractivity contribution >= 4 is 10.1 Å². The van der Waals surface area contributed by atoms with Crippen molar-refractivity contribution in [2.75, 3.05) is 0 Å². The van der Waals surface area contributed by atoms with Gasteiger partial charge in [-0.3, -0.25) is 0 Å². The summed E-state index contributed by atoms with van der Waals surface area (Å²) in [6.45, 7) is 4.82. The van der Waals surface area contributed by atoms with Crippen LogP contribution >= 0.6 is 0 Å². The average Bonchev–Trinajstić information content (AvgIpc) is 1.89. The first-order valence-electron chi connectivity index (χ1n) is 2.66. The maximum absolute atomic E-state index is 10.4. The zero-order chi connectivity index (χ0) is 8.04. The first-order valence-corrected chi connectivity index (χ1v) is 4.13. The normalized spacial score (nSPS) is 9.30. The van der Waals surface area contributed by atoms with E-state index in [-0.39, 0.29) is 0 Å². The Hall–Kier alpha value is -0.950. The molecule has 0 aliphatic heterocycles. The molecule has 0 N–H and O–H groups in total. The molecule has 0 aromatic rings. The molecule has 0 aliphatic rings. The minimum atomic E-state index is -3.60. The van der Waals surface area contributed by atoms with E-state index in [1.165, 1.54) is 0 Å². The van der Waals surface area contributed by atoms with Crippen LogP contribution in [0, 0.1) is 12.0 Å². The highest BCUT2D eigenvalue weighted by Crippen LogP contribution is 1.90. The van der Waals surface area contributed by atoms with E-state index in [1.807, 2.05) is 6.11 Å². The lowest BCUT2D eigenvalue weighted by Gasteiger charge is -1.88. The summed E-state index contributed by atoms with van der Waals surface area (Å²) in [6, 6.07) is 0. The Morgan fingerprint density at radius 1 is 1.70 bits per heavy atom. The van der Waals surface area contributed by atoms with Gasteiger partial charge in [0.25, 0.3) is 0 Å². The monoisotopic (exact) mass is 160 g/mol. The molecule has 10 heavy (non-hydrogen) atoms. The summed E-state index contributed by atoms with van der Waals surface area (Å²) >= 11 is 0. The molecule has 0 saturated heterocycles. The molecule has 0 aliphatic carbocycles. The molecule has 0 atom stereocenters. The topological polar surface area (TPSA) is 43.4 Å². The highest BCUT2D eigenvalue weighted by Gasteiger charge is 1.99. The van der Waals surface area contributed by atoms with E-state index in [4.69, 9.17) is 0 Å². The zero-order valence-corrected chi connectivity index (χ0v) is 6.44. The third-order valence-corrected chi connectivity index (χ3v) is 1.33. The molecule has 0 bridgehead atoms. The van der Waals surface area contributed by atoms with Gasteiger partial charge in [0, 0.05) is 6.42 Å². The van der Waals surface area contributed by atoms with Gasteiger partial charge >= 0.3 is 10.1 Å². The summed E-state index contributed by atoms with van der Waals surface area (Å²) in [5, 5.41) is 0.706. The number of hydrogen-bond acceptors (Lipinski definition) is 3. The molecule has 4 heteroatoms. The van der Waals surface area contributed by atoms with Crippen molar-refractivity contribution in [1.82, 2.24) is 0 Å². The van der Waals surface area contributed by atoms with E-state index in [0.717, 1.165) is 0 Å². The van der Waals surface area contributed by atoms with E-state index in [1.54, 1.807) is 6.92 Å². The van der Waals surface area contributed by atoms with Crippen molar-refractivity contribution in [1.29, 1.82) is 0 Å². The van der Waals surface area contributed by atoms with E-state index in [0.29, 0.717) is 11.8 Å². The molecule has 56 valence electrons. The van der Waals surface area contributed by atoms with Crippen molar-refractivity contribution < 1.29 is 12.6 Å². The molecule has 0 rings (SSSR count). The molecule has 0 fully saturated rings. The number of hydrogen-bond donors (Lipinski definition) is 0. The number of rotatable bonds is 2. The summed E-state index contributed by atoms with van der Waals surface area (Å²) in [6.07, 6.45) is 2.58. The largest absolute Gasteiger partial charge is 0.339 e. The van der Waals surface area contributed by atoms with Crippen LogP contribution in [0.4, 0.5) is 0 Å². The molecule has 0 radical (unpaired) electrons. The Morgan fingerprint density at radius 3 is 2.70 bits per heavy atom. The Bertz CT molecular complexity index is 252. The maximum atomic E-state index is 10.4. The molecule has 0 aromatic heterocycles. The highest BCUT2D eigenvalue weighted by molar-refractivity contribution is 7.89. The van der Waals surface area contributed by atoms with Gasteiger partial charge in [0.15, 0.2) is 0 Å². The molecular formula is C6H8O3S. The maximum Gasteiger partial charge on any atom is 0.339 e. The fourth-order valence-corrected chi connectivity index (χ4v) is 0.437. The second-order valence-electron chi connectivity index (χ2n) is 1.38. The van der Waals surface area contributed by atoms with Crippen molar-refractivity contribution in [2.45, 2.75) is 13.3 Å². The van der Waals surface area contributed by atoms with Gasteiger partial charge in [-0.05, 0) is 0 Å². The lowest BCUT2D eigenvalue weighted by molar-refractivity contribution is 0.475. The van der Waals surface area contributed by atoms with Crippen LogP contribution < -0.4 is 0 Å². The molecule has 0 amide bonds. The lowest BCUT2D eigenvalue weighted by atomic mass is 10.5. The van der Waals surface area contributed by atoms with Gasteiger partial charge in [-0.25, -0.2) is 0 Å². The van der Waals surface area contributed by atoms with Gasteiger partial charge in [0.1, 0.15) is 6.11 Å². The van der Waals surface area contributed by atoms with Gasteiger partial charge in [0.05, 0.1) is 5.41 Å². The van der Waals surface area contributed by atoms with Crippen LogP contribution in [0.3, 0.4) is 0 Å². The van der Waals surface area contributed by atoms with Gasteiger partial charge in [-0.1, -0.05) is 19.4 Å². The first kappa shape index (κ1) is 9.05. The second kappa shape index (κ2) is 3.96. The van der Waals surface area contributed by atoms with E-state index >= 15 is 0 Å². The predicted octanol–water partition coefficient (Wildman–Crippen LogP) is 0.847. The van der Waals surface area contributed by atoms with E-state index in [2.05, 4.69) is 16.7 Å². The first-order chi connectivity index (χ1) is 4.62. The molecule has 0 heterocycles. The fraction of sp³-hybridized carbons (Fsp3) is 0.333. The smallest absolute Gasteiger partial charge is 0.325 e. The Labute approximate surface area is 60.8 Å². The molecule has 0 aromatic carbocycles. The summed E-state index contributed by atoms with van der Waals surface area (Å²) < 4.78 is 25.0. The van der Waals surface area contributed by atoms with Gasteiger partial charge < -0.3 is 4.18 Å². The Balaban J connectivity index is 4.05. The molecule has 0 spiro atoms. The van der Waals surface area contributed by atoms with Crippen LogP contribution in [0.15, 0.2) is 12.0 Å². The van der Waals surface area contributed by atoms with Crippen LogP contribution in [0.25, 0.3) is 0 Å². The van der Waals surface area contributed by atoms with Gasteiger partial charge in [0.2, 0.25) is 0 Å². The summed E-state index contributed by atoms with van der Waals surface area (Å²) in [4.78, 5) is 0. The van der Waals surface area contributed by atoms with Crippen molar-refractivity contribution in [3.63, 3.8) is 0 Å². The average molecular weight is 160 g/mol. The summed E-state index contributed by atoms with van der Waals surface area (Å²) in [7, 11) is -3.60. The third-order valence-electron chi connectivity index (χ3n) is 0.611. The quantitative estimate of drug-likeness (QED) is 0.444. The minimum Gasteiger partial charge on any atom is -0.325 e. The standard InChI is InChI=1S/C6H8O3S/c1-3-5-6-9-10(7,8)4-2/h4H,2-3H2,1H3. The SMILES string of the molecule is C=CS(=O)(=O)OC#CCC. The molecule has 0 unspecified atom stereocenters. The van der Waals surface area contributed by atoms with Crippen molar-refractivity contribution in [3.8, 4) is 12.0 Å². The predicted molar refractivity (Wildman–Crippen MR) is 38.3 cm³/mol. The van der Waals surface area contributed by atoms with Crippen LogP contribution in [-0.2, 0) is 14.3 Å². The van der Waals surface area contributed by atoms with Crippen LogP contribution in [0.2, 0.25) is 0 Å². The van der Waals surface area contributed by atoms with Gasteiger partial charge in [-0.15, -0.1) is 0 Å². The Morgan fingerprint density at radius 2 is 2.30 bits per heavy atom. The molecule has 0 saturated carbocycles. The minimum absolute atomic E-state index is 0.562. The zero-order valence-electron chi connectivity index (χ0n) is 5.62. The van der Waals surface area contributed by atoms with E-state index < -0.39 is 10.1 Å². The van der Waals surface area contributed by atoms with E-state index in [9.17, 15) is 8.42 Å². The highest BCUT2D eigenvalue weighted by atomic mass is 32.2. The lowest BCUT2D eigenvalue weighted by Crippen LogP contribution is -1.94. The third kappa shape index (κ3) is 3.98. The fourth-order valence-electron chi connectivity index (χ4n) is 0.194. The van der Waals surface area contributed by atoms with Crippen LogP contribution in [0.5, 0.6) is 0 Å².